The van der Waals surface area contributed by atoms with Crippen LogP contribution in [0.5, 0.6) is 0 Å². The number of aliphatic hydroxyl groups excluding tert-OH is 1. The fraction of sp³-hybridized carbons (Fsp3) is 0.0400. The van der Waals surface area contributed by atoms with Crippen LogP contribution in [-0.2, 0) is 0 Å². The molecule has 0 aromatic heterocycles. The zero-order valence-electron chi connectivity index (χ0n) is 15.6. The molecule has 0 aliphatic carbocycles. The van der Waals surface area contributed by atoms with E-state index in [1.54, 1.807) is 12.1 Å². The summed E-state index contributed by atoms with van der Waals surface area (Å²) in [6, 6.07) is 32.3. The first-order valence-corrected chi connectivity index (χ1v) is 9.30. The lowest BCUT2D eigenvalue weighted by Gasteiger charge is -2.12. The Labute approximate surface area is 168 Å². The van der Waals surface area contributed by atoms with E-state index < -0.39 is 11.0 Å². The van der Waals surface area contributed by atoms with Gasteiger partial charge in [0, 0.05) is 12.1 Å². The van der Waals surface area contributed by atoms with Crippen LogP contribution in [-0.4, -0.2) is 10.0 Å². The van der Waals surface area contributed by atoms with Gasteiger partial charge in [-0.15, -0.1) is 0 Å². The normalized spacial score (nSPS) is 11.8. The maximum atomic E-state index is 10.8. The van der Waals surface area contributed by atoms with Crippen molar-refractivity contribution in [3.05, 3.63) is 124 Å². The Morgan fingerprint density at radius 2 is 0.966 bits per heavy atom. The Morgan fingerprint density at radius 1 is 0.586 bits per heavy atom. The SMILES string of the molecule is O=[N+]([O-])c1ccc([C@H](O)c2ccc(-c3ccc(-c4ccccc4)cc3)cc2)cc1. The fourth-order valence-corrected chi connectivity index (χ4v) is 3.31. The molecule has 0 fully saturated rings. The molecule has 142 valence electrons. The summed E-state index contributed by atoms with van der Waals surface area (Å²) in [7, 11) is 0. The van der Waals surface area contributed by atoms with E-state index in [0.29, 0.717) is 5.56 Å². The molecule has 4 rings (SSSR count). The summed E-state index contributed by atoms with van der Waals surface area (Å²) in [6.07, 6.45) is -0.828. The molecule has 0 amide bonds. The van der Waals surface area contributed by atoms with Crippen LogP contribution in [0, 0.1) is 10.1 Å². The fourth-order valence-electron chi connectivity index (χ4n) is 3.31. The van der Waals surface area contributed by atoms with Crippen molar-refractivity contribution in [1.29, 1.82) is 0 Å². The van der Waals surface area contributed by atoms with E-state index in [1.807, 2.05) is 42.5 Å². The van der Waals surface area contributed by atoms with Gasteiger partial charge in [0.1, 0.15) is 6.10 Å². The standard InChI is InChI=1S/C25H19NO3/c27-25(23-14-16-24(17-15-23)26(28)29)22-12-10-21(11-13-22)20-8-6-19(7-9-20)18-4-2-1-3-5-18/h1-17,25,27H/t25-/m1/s1. The number of hydrogen-bond donors (Lipinski definition) is 1. The first-order valence-electron chi connectivity index (χ1n) is 9.30. The average Bonchev–Trinajstić information content (AvgIpc) is 2.79. The van der Waals surface area contributed by atoms with Crippen LogP contribution < -0.4 is 0 Å². The minimum atomic E-state index is -0.828. The third-order valence-corrected chi connectivity index (χ3v) is 4.97. The molecule has 1 N–H and O–H groups in total. The van der Waals surface area contributed by atoms with Crippen LogP contribution in [0.15, 0.2) is 103 Å². The van der Waals surface area contributed by atoms with Gasteiger partial charge in [-0.25, -0.2) is 0 Å². The number of non-ortho nitro benzene ring substituents is 1. The summed E-state index contributed by atoms with van der Waals surface area (Å²) < 4.78 is 0. The lowest BCUT2D eigenvalue weighted by molar-refractivity contribution is -0.384. The largest absolute Gasteiger partial charge is 0.384 e. The van der Waals surface area contributed by atoms with Crippen LogP contribution in [0.25, 0.3) is 22.3 Å². The van der Waals surface area contributed by atoms with Gasteiger partial charge in [-0.3, -0.25) is 10.1 Å². The third kappa shape index (κ3) is 4.08. The molecule has 4 heteroatoms. The van der Waals surface area contributed by atoms with E-state index in [2.05, 4.69) is 36.4 Å². The van der Waals surface area contributed by atoms with Crippen molar-refractivity contribution >= 4 is 5.69 Å². The lowest BCUT2D eigenvalue weighted by atomic mass is 9.97. The van der Waals surface area contributed by atoms with Gasteiger partial charge in [-0.05, 0) is 45.5 Å². The molecular weight excluding hydrogens is 362 g/mol. The monoisotopic (exact) mass is 381 g/mol. The summed E-state index contributed by atoms with van der Waals surface area (Å²) in [5.74, 6) is 0. The van der Waals surface area contributed by atoms with Gasteiger partial charge in [-0.2, -0.15) is 0 Å². The van der Waals surface area contributed by atoms with Crippen LogP contribution in [0.4, 0.5) is 5.69 Å². The van der Waals surface area contributed by atoms with Crippen molar-refractivity contribution in [2.24, 2.45) is 0 Å². The Hall–Kier alpha value is -3.76. The summed E-state index contributed by atoms with van der Waals surface area (Å²) >= 11 is 0. The number of aliphatic hydroxyl groups is 1. The molecule has 0 bridgehead atoms. The number of hydrogen-bond acceptors (Lipinski definition) is 3. The summed E-state index contributed by atoms with van der Waals surface area (Å²) in [5.41, 5.74) is 5.87. The summed E-state index contributed by atoms with van der Waals surface area (Å²) in [6.45, 7) is 0. The number of nitro groups is 1. The molecule has 0 aliphatic heterocycles. The van der Waals surface area contributed by atoms with E-state index in [-0.39, 0.29) is 5.69 Å². The van der Waals surface area contributed by atoms with Gasteiger partial charge in [0.05, 0.1) is 4.92 Å². The Bertz CT molecular complexity index is 1100. The Kier molecular flexibility index (Phi) is 5.18. The van der Waals surface area contributed by atoms with E-state index >= 15 is 0 Å². The molecule has 0 saturated heterocycles. The zero-order chi connectivity index (χ0) is 20.2. The minimum Gasteiger partial charge on any atom is -0.384 e. The highest BCUT2D eigenvalue weighted by Crippen LogP contribution is 2.28. The maximum Gasteiger partial charge on any atom is 0.269 e. The van der Waals surface area contributed by atoms with Crippen molar-refractivity contribution in [3.8, 4) is 22.3 Å². The second-order valence-corrected chi connectivity index (χ2v) is 6.82. The second kappa shape index (κ2) is 8.09. The smallest absolute Gasteiger partial charge is 0.269 e. The first kappa shape index (κ1) is 18.6. The van der Waals surface area contributed by atoms with E-state index in [9.17, 15) is 15.2 Å². The number of nitrogens with zero attached hydrogens (tertiary/aromatic N) is 1. The molecule has 29 heavy (non-hydrogen) atoms. The second-order valence-electron chi connectivity index (χ2n) is 6.82. The van der Waals surface area contributed by atoms with E-state index in [1.165, 1.54) is 23.3 Å². The van der Waals surface area contributed by atoms with Gasteiger partial charge in [0.15, 0.2) is 0 Å². The van der Waals surface area contributed by atoms with Gasteiger partial charge < -0.3 is 5.11 Å². The molecule has 0 heterocycles. The molecule has 4 aromatic rings. The molecule has 0 spiro atoms. The summed E-state index contributed by atoms with van der Waals surface area (Å²) in [5, 5.41) is 21.3. The first-order chi connectivity index (χ1) is 14.1. The predicted molar refractivity (Wildman–Crippen MR) is 114 cm³/mol. The summed E-state index contributed by atoms with van der Waals surface area (Å²) in [4.78, 5) is 10.3. The predicted octanol–water partition coefficient (Wildman–Crippen LogP) is 6.01. The zero-order valence-corrected chi connectivity index (χ0v) is 15.6. The molecule has 4 nitrogen and oxygen atoms in total. The maximum absolute atomic E-state index is 10.8. The van der Waals surface area contributed by atoms with Crippen LogP contribution in [0.3, 0.4) is 0 Å². The molecule has 0 saturated carbocycles. The van der Waals surface area contributed by atoms with Crippen molar-refractivity contribution in [3.63, 3.8) is 0 Å². The Morgan fingerprint density at radius 3 is 1.41 bits per heavy atom. The van der Waals surface area contributed by atoms with Gasteiger partial charge in [-0.1, -0.05) is 78.9 Å². The minimum absolute atomic E-state index is 0.00949. The highest BCUT2D eigenvalue weighted by atomic mass is 16.6. The van der Waals surface area contributed by atoms with Crippen molar-refractivity contribution < 1.29 is 10.0 Å². The van der Waals surface area contributed by atoms with Crippen LogP contribution >= 0.6 is 0 Å². The quantitative estimate of drug-likeness (QED) is 0.340. The van der Waals surface area contributed by atoms with Gasteiger partial charge in [0.25, 0.3) is 5.69 Å². The molecule has 0 aliphatic rings. The van der Waals surface area contributed by atoms with Crippen LogP contribution in [0.1, 0.15) is 17.2 Å². The molecule has 4 aromatic carbocycles. The van der Waals surface area contributed by atoms with Crippen molar-refractivity contribution in [2.75, 3.05) is 0 Å². The average molecular weight is 381 g/mol. The topological polar surface area (TPSA) is 63.4 Å². The van der Waals surface area contributed by atoms with Crippen LogP contribution in [0.2, 0.25) is 0 Å². The van der Waals surface area contributed by atoms with Gasteiger partial charge in [0.2, 0.25) is 0 Å². The third-order valence-electron chi connectivity index (χ3n) is 4.97. The van der Waals surface area contributed by atoms with Crippen molar-refractivity contribution in [2.45, 2.75) is 6.10 Å². The molecular formula is C25H19NO3. The van der Waals surface area contributed by atoms with E-state index in [0.717, 1.165) is 16.7 Å². The lowest BCUT2D eigenvalue weighted by Crippen LogP contribution is -1.99. The highest BCUT2D eigenvalue weighted by molar-refractivity contribution is 5.70. The number of rotatable bonds is 5. The van der Waals surface area contributed by atoms with Gasteiger partial charge >= 0.3 is 0 Å². The molecule has 1 atom stereocenters. The highest BCUT2D eigenvalue weighted by Gasteiger charge is 2.13. The molecule has 0 radical (unpaired) electrons. The number of benzene rings is 4. The van der Waals surface area contributed by atoms with Crippen molar-refractivity contribution in [1.82, 2.24) is 0 Å². The Balaban J connectivity index is 1.52. The number of nitro benzene ring substituents is 1. The molecule has 0 unspecified atom stereocenters. The van der Waals surface area contributed by atoms with E-state index in [4.69, 9.17) is 0 Å².